The molecule has 0 spiro atoms. The van der Waals surface area contributed by atoms with Crippen LogP contribution in [0.1, 0.15) is 10.5 Å². The first-order chi connectivity index (χ1) is 8.69. The molecule has 1 N–H and O–H groups in total. The Kier molecular flexibility index (Phi) is 3.88. The van der Waals surface area contributed by atoms with Gasteiger partial charge in [-0.15, -0.1) is 0 Å². The van der Waals surface area contributed by atoms with Crippen LogP contribution in [0.3, 0.4) is 0 Å². The monoisotopic (exact) mass is 307 g/mol. The van der Waals surface area contributed by atoms with Gasteiger partial charge in [-0.3, -0.25) is 4.79 Å². The summed E-state index contributed by atoms with van der Waals surface area (Å²) in [6, 6.07) is 6.71. The third-order valence-electron chi connectivity index (χ3n) is 2.17. The Morgan fingerprint density at radius 2 is 2.17 bits per heavy atom. The summed E-state index contributed by atoms with van der Waals surface area (Å²) in [5, 5.41) is 2.64. The van der Waals surface area contributed by atoms with Crippen LogP contribution in [0.15, 0.2) is 41.1 Å². The number of methoxy groups -OCH3 is 1. The lowest BCUT2D eigenvalue weighted by molar-refractivity contribution is 0.102. The van der Waals surface area contributed by atoms with Crippen LogP contribution in [-0.2, 0) is 0 Å². The minimum absolute atomic E-state index is 0.316. The second-order valence-corrected chi connectivity index (χ2v) is 4.31. The maximum absolute atomic E-state index is 11.9. The number of rotatable bonds is 3. The quantitative estimate of drug-likeness (QED) is 0.946. The van der Waals surface area contributed by atoms with Crippen LogP contribution >= 0.6 is 15.9 Å². The van der Waals surface area contributed by atoms with Gasteiger partial charge in [-0.2, -0.15) is 0 Å². The number of nitrogens with zero attached hydrogens (tertiary/aromatic N) is 2. The van der Waals surface area contributed by atoms with Crippen molar-refractivity contribution in [3.8, 4) is 5.75 Å². The first-order valence-electron chi connectivity index (χ1n) is 5.12. The van der Waals surface area contributed by atoms with E-state index in [1.807, 2.05) is 0 Å². The SMILES string of the molecule is COc1ccnc(NC(=O)c2ccc(Br)cn2)c1. The van der Waals surface area contributed by atoms with Crippen molar-refractivity contribution in [1.82, 2.24) is 9.97 Å². The number of ether oxygens (including phenoxy) is 1. The summed E-state index contributed by atoms with van der Waals surface area (Å²) in [6.45, 7) is 0. The molecule has 0 radical (unpaired) electrons. The molecule has 0 fully saturated rings. The van der Waals surface area contributed by atoms with E-state index >= 15 is 0 Å². The number of amides is 1. The van der Waals surface area contributed by atoms with Crippen molar-refractivity contribution >= 4 is 27.7 Å². The number of hydrogen-bond acceptors (Lipinski definition) is 4. The van der Waals surface area contributed by atoms with E-state index in [2.05, 4.69) is 31.2 Å². The maximum Gasteiger partial charge on any atom is 0.275 e. The predicted octanol–water partition coefficient (Wildman–Crippen LogP) is 2.50. The molecule has 18 heavy (non-hydrogen) atoms. The second kappa shape index (κ2) is 5.59. The van der Waals surface area contributed by atoms with Crippen molar-refractivity contribution in [3.05, 3.63) is 46.8 Å². The largest absolute Gasteiger partial charge is 0.497 e. The van der Waals surface area contributed by atoms with Gasteiger partial charge in [0.05, 0.1) is 7.11 Å². The number of carbonyl (C=O) groups is 1. The molecule has 5 nitrogen and oxygen atoms in total. The fourth-order valence-electron chi connectivity index (χ4n) is 1.30. The fraction of sp³-hybridized carbons (Fsp3) is 0.0833. The molecule has 92 valence electrons. The molecular formula is C12H10BrN3O2. The van der Waals surface area contributed by atoms with Crippen LogP contribution in [0, 0.1) is 0 Å². The van der Waals surface area contributed by atoms with E-state index in [-0.39, 0.29) is 5.91 Å². The summed E-state index contributed by atoms with van der Waals surface area (Å²) >= 11 is 3.26. The summed E-state index contributed by atoms with van der Waals surface area (Å²) in [4.78, 5) is 19.9. The van der Waals surface area contributed by atoms with Gasteiger partial charge in [0.25, 0.3) is 5.91 Å². The van der Waals surface area contributed by atoms with Crippen molar-refractivity contribution < 1.29 is 9.53 Å². The van der Waals surface area contributed by atoms with Crippen LogP contribution in [-0.4, -0.2) is 23.0 Å². The van der Waals surface area contributed by atoms with E-state index in [1.54, 1.807) is 43.8 Å². The molecule has 2 aromatic rings. The zero-order chi connectivity index (χ0) is 13.0. The lowest BCUT2D eigenvalue weighted by Gasteiger charge is -2.05. The normalized spacial score (nSPS) is 9.89. The van der Waals surface area contributed by atoms with Gasteiger partial charge in [0.2, 0.25) is 0 Å². The van der Waals surface area contributed by atoms with Gasteiger partial charge < -0.3 is 10.1 Å². The highest BCUT2D eigenvalue weighted by Crippen LogP contribution is 2.14. The molecule has 0 aliphatic heterocycles. The predicted molar refractivity (Wildman–Crippen MR) is 70.7 cm³/mol. The van der Waals surface area contributed by atoms with Gasteiger partial charge >= 0.3 is 0 Å². The minimum Gasteiger partial charge on any atom is -0.497 e. The van der Waals surface area contributed by atoms with E-state index in [0.29, 0.717) is 17.3 Å². The molecule has 0 aliphatic carbocycles. The highest BCUT2D eigenvalue weighted by molar-refractivity contribution is 9.10. The summed E-state index contributed by atoms with van der Waals surface area (Å²) in [5.41, 5.74) is 0.322. The Bertz CT molecular complexity index is 558. The smallest absolute Gasteiger partial charge is 0.275 e. The molecule has 2 heterocycles. The van der Waals surface area contributed by atoms with Gasteiger partial charge in [0, 0.05) is 22.9 Å². The van der Waals surface area contributed by atoms with Crippen LogP contribution in [0.2, 0.25) is 0 Å². The molecule has 0 saturated heterocycles. The van der Waals surface area contributed by atoms with Crippen molar-refractivity contribution in [1.29, 1.82) is 0 Å². The second-order valence-electron chi connectivity index (χ2n) is 3.40. The molecule has 0 bridgehead atoms. The fourth-order valence-corrected chi connectivity index (χ4v) is 1.53. The first-order valence-corrected chi connectivity index (χ1v) is 5.91. The van der Waals surface area contributed by atoms with Gasteiger partial charge in [-0.1, -0.05) is 0 Å². The number of halogens is 1. The van der Waals surface area contributed by atoms with Crippen molar-refractivity contribution in [3.63, 3.8) is 0 Å². The average molecular weight is 308 g/mol. The molecule has 6 heteroatoms. The number of pyridine rings is 2. The molecule has 0 unspecified atom stereocenters. The molecule has 0 atom stereocenters. The molecule has 0 aliphatic rings. The highest BCUT2D eigenvalue weighted by atomic mass is 79.9. The van der Waals surface area contributed by atoms with E-state index in [9.17, 15) is 4.79 Å². The van der Waals surface area contributed by atoms with Crippen molar-refractivity contribution in [2.75, 3.05) is 12.4 Å². The number of anilines is 1. The minimum atomic E-state index is -0.316. The lowest BCUT2D eigenvalue weighted by Crippen LogP contribution is -2.14. The summed E-state index contributed by atoms with van der Waals surface area (Å²) < 4.78 is 5.86. The topological polar surface area (TPSA) is 64.1 Å². The summed E-state index contributed by atoms with van der Waals surface area (Å²) in [6.07, 6.45) is 3.12. The molecule has 1 amide bonds. The number of nitrogens with one attached hydrogen (secondary N) is 1. The Morgan fingerprint density at radius 3 is 2.83 bits per heavy atom. The Hall–Kier alpha value is -1.95. The van der Waals surface area contributed by atoms with E-state index in [1.165, 1.54) is 0 Å². The average Bonchev–Trinajstić information content (AvgIpc) is 2.39. The summed E-state index contributed by atoms with van der Waals surface area (Å²) in [5.74, 6) is 0.733. The van der Waals surface area contributed by atoms with Crippen molar-refractivity contribution in [2.24, 2.45) is 0 Å². The molecular weight excluding hydrogens is 298 g/mol. The van der Waals surface area contributed by atoms with E-state index < -0.39 is 0 Å². The van der Waals surface area contributed by atoms with Crippen LogP contribution in [0.25, 0.3) is 0 Å². The van der Waals surface area contributed by atoms with Crippen molar-refractivity contribution in [2.45, 2.75) is 0 Å². The van der Waals surface area contributed by atoms with Crippen LogP contribution in [0.4, 0.5) is 5.82 Å². The third-order valence-corrected chi connectivity index (χ3v) is 2.64. The molecule has 0 aromatic carbocycles. The first kappa shape index (κ1) is 12.5. The van der Waals surface area contributed by atoms with Gasteiger partial charge in [0.1, 0.15) is 17.3 Å². The molecule has 0 saturated carbocycles. The molecule has 2 rings (SSSR count). The van der Waals surface area contributed by atoms with Crippen LogP contribution < -0.4 is 10.1 Å². The Morgan fingerprint density at radius 1 is 1.33 bits per heavy atom. The lowest BCUT2D eigenvalue weighted by atomic mass is 10.3. The number of carbonyl (C=O) groups excluding carboxylic acids is 1. The Labute approximate surface area is 112 Å². The van der Waals surface area contributed by atoms with Gasteiger partial charge in [-0.05, 0) is 34.1 Å². The highest BCUT2D eigenvalue weighted by Gasteiger charge is 2.08. The number of aromatic nitrogens is 2. The molecule has 2 aromatic heterocycles. The van der Waals surface area contributed by atoms with E-state index in [4.69, 9.17) is 4.74 Å². The van der Waals surface area contributed by atoms with Gasteiger partial charge in [0.15, 0.2) is 0 Å². The Balaban J connectivity index is 2.13. The third kappa shape index (κ3) is 3.04. The standard InChI is InChI=1S/C12H10BrN3O2/c1-18-9-4-5-14-11(6-9)16-12(17)10-3-2-8(13)7-15-10/h2-7H,1H3,(H,14,16,17). The number of hydrogen-bond donors (Lipinski definition) is 1. The van der Waals surface area contributed by atoms with Crippen LogP contribution in [0.5, 0.6) is 5.75 Å². The zero-order valence-corrected chi connectivity index (χ0v) is 11.1. The van der Waals surface area contributed by atoms with E-state index in [0.717, 1.165) is 4.47 Å². The maximum atomic E-state index is 11.9. The zero-order valence-electron chi connectivity index (χ0n) is 9.55. The summed E-state index contributed by atoms with van der Waals surface area (Å²) in [7, 11) is 1.55. The van der Waals surface area contributed by atoms with Gasteiger partial charge in [-0.25, -0.2) is 9.97 Å².